The minimum absolute atomic E-state index is 0.104. The van der Waals surface area contributed by atoms with Gasteiger partial charge in [-0.2, -0.15) is 0 Å². The molecule has 2 aliphatic rings. The van der Waals surface area contributed by atoms with Gasteiger partial charge in [0, 0.05) is 23.8 Å². The van der Waals surface area contributed by atoms with Crippen LogP contribution in [0.5, 0.6) is 5.75 Å². The summed E-state index contributed by atoms with van der Waals surface area (Å²) < 4.78 is 5.37. The molecule has 0 spiro atoms. The fraction of sp³-hybridized carbons (Fsp3) is 0.312. The van der Waals surface area contributed by atoms with Gasteiger partial charge in [0.2, 0.25) is 5.91 Å². The summed E-state index contributed by atoms with van der Waals surface area (Å²) in [6.45, 7) is 0.274. The molecule has 1 saturated heterocycles. The Kier molecular flexibility index (Phi) is 3.70. The Hall–Kier alpha value is -1.86. The van der Waals surface area contributed by atoms with E-state index >= 15 is 0 Å². The first-order valence-electron chi connectivity index (χ1n) is 6.55. The van der Waals surface area contributed by atoms with Gasteiger partial charge in [-0.25, -0.2) is 0 Å². The van der Waals surface area contributed by atoms with Crippen LogP contribution in [0.25, 0.3) is 0 Å². The van der Waals surface area contributed by atoms with Crippen LogP contribution in [0.2, 0.25) is 0 Å². The molecule has 2 atom stereocenters. The van der Waals surface area contributed by atoms with Crippen LogP contribution in [0.3, 0.4) is 0 Å². The lowest BCUT2D eigenvalue weighted by Gasteiger charge is -2.30. The zero-order valence-electron chi connectivity index (χ0n) is 11.0. The van der Waals surface area contributed by atoms with Crippen LogP contribution in [-0.2, 0) is 4.79 Å². The van der Waals surface area contributed by atoms with E-state index in [1.807, 2.05) is 36.0 Å². The maximum absolute atomic E-state index is 11.8. The highest BCUT2D eigenvalue weighted by Gasteiger charge is 2.36. The normalized spacial score (nSPS) is 24.4. The summed E-state index contributed by atoms with van der Waals surface area (Å²) in [5.41, 5.74) is 2.25. The number of piperidine rings is 1. The summed E-state index contributed by atoms with van der Waals surface area (Å²) in [6, 6.07) is 7.90. The van der Waals surface area contributed by atoms with Gasteiger partial charge in [0.25, 0.3) is 0 Å². The number of hydrogen-bond acceptors (Lipinski definition) is 3. The Bertz CT molecular complexity index is 585. The first-order chi connectivity index (χ1) is 9.78. The van der Waals surface area contributed by atoms with E-state index in [0.29, 0.717) is 11.7 Å². The monoisotopic (exact) mass is 285 g/mol. The summed E-state index contributed by atoms with van der Waals surface area (Å²) in [7, 11) is 0. The lowest BCUT2D eigenvalue weighted by Crippen LogP contribution is -2.38. The minimum atomic E-state index is 0.104. The highest BCUT2D eigenvalue weighted by molar-refractivity contribution is 8.00. The minimum Gasteiger partial charge on any atom is -0.481 e. The quantitative estimate of drug-likeness (QED) is 0.866. The van der Waals surface area contributed by atoms with Crippen molar-refractivity contribution in [3.05, 3.63) is 41.6 Å². The van der Waals surface area contributed by atoms with Crippen LogP contribution < -0.4 is 10.1 Å². The van der Waals surface area contributed by atoms with E-state index in [1.165, 1.54) is 5.56 Å². The average molecular weight is 285 g/mol. The molecule has 20 heavy (non-hydrogen) atoms. The number of carbonyl (C=O) groups excluding carboxylic acids is 1. The van der Waals surface area contributed by atoms with Crippen molar-refractivity contribution in [2.45, 2.75) is 17.6 Å². The summed E-state index contributed by atoms with van der Waals surface area (Å²) in [5.74, 6) is 4.53. The average Bonchev–Trinajstić information content (AvgIpc) is 2.93. The smallest absolute Gasteiger partial charge is 0.224 e. The maximum atomic E-state index is 11.8. The van der Waals surface area contributed by atoms with E-state index in [1.54, 1.807) is 0 Å². The second kappa shape index (κ2) is 5.64. The molecule has 1 fully saturated rings. The van der Waals surface area contributed by atoms with Crippen LogP contribution in [0.1, 0.15) is 17.9 Å². The Morgan fingerprint density at radius 3 is 2.95 bits per heavy atom. The second-order valence-corrected chi connectivity index (χ2v) is 6.01. The van der Waals surface area contributed by atoms with Gasteiger partial charge in [-0.1, -0.05) is 24.1 Å². The van der Waals surface area contributed by atoms with E-state index < -0.39 is 0 Å². The molecule has 1 aromatic rings. The van der Waals surface area contributed by atoms with Gasteiger partial charge in [0.05, 0.1) is 5.25 Å². The van der Waals surface area contributed by atoms with Gasteiger partial charge in [-0.3, -0.25) is 4.79 Å². The molecule has 0 bridgehead atoms. The molecule has 0 saturated carbocycles. The fourth-order valence-electron chi connectivity index (χ4n) is 2.65. The predicted octanol–water partition coefficient (Wildman–Crippen LogP) is 2.30. The number of nitrogens with one attached hydrogen (secondary N) is 1. The van der Waals surface area contributed by atoms with Crippen LogP contribution in [-0.4, -0.2) is 23.5 Å². The molecule has 1 amide bonds. The topological polar surface area (TPSA) is 38.3 Å². The zero-order valence-corrected chi connectivity index (χ0v) is 11.8. The van der Waals surface area contributed by atoms with Gasteiger partial charge in [-0.05, 0) is 17.7 Å². The molecule has 2 unspecified atom stereocenters. The van der Waals surface area contributed by atoms with E-state index in [4.69, 9.17) is 11.2 Å². The van der Waals surface area contributed by atoms with Crippen molar-refractivity contribution < 1.29 is 9.53 Å². The standard InChI is InChI=1S/C16H15NO2S/c1-2-8-19-12-5-3-11(4-6-12)13-10-15(18)17-14-7-9-20-16(13)14/h1,3-7,13,16H,8-10H2,(H,17,18). The largest absolute Gasteiger partial charge is 0.481 e. The molecule has 1 aromatic carbocycles. The lowest BCUT2D eigenvalue weighted by molar-refractivity contribution is -0.121. The Labute approximate surface area is 122 Å². The van der Waals surface area contributed by atoms with Crippen molar-refractivity contribution in [2.75, 3.05) is 12.4 Å². The van der Waals surface area contributed by atoms with Crippen molar-refractivity contribution in [1.82, 2.24) is 5.32 Å². The van der Waals surface area contributed by atoms with E-state index in [0.717, 1.165) is 17.2 Å². The number of benzene rings is 1. The molecule has 2 heterocycles. The maximum Gasteiger partial charge on any atom is 0.224 e. The summed E-state index contributed by atoms with van der Waals surface area (Å²) in [6.07, 6.45) is 7.82. The Balaban J connectivity index is 1.79. The predicted molar refractivity (Wildman–Crippen MR) is 80.6 cm³/mol. The number of ether oxygens (including phenoxy) is 1. The first-order valence-corrected chi connectivity index (χ1v) is 7.60. The highest BCUT2D eigenvalue weighted by atomic mass is 32.2. The number of amides is 1. The SMILES string of the molecule is C#CCOc1ccc(C2CC(=O)NC3=CCSC32)cc1. The lowest BCUT2D eigenvalue weighted by atomic mass is 9.87. The number of carbonyl (C=O) groups is 1. The molecular formula is C16H15NO2S. The first kappa shape index (κ1) is 13.1. The third kappa shape index (κ3) is 2.54. The molecule has 2 aliphatic heterocycles. The van der Waals surface area contributed by atoms with Crippen LogP contribution in [0, 0.1) is 12.3 Å². The zero-order chi connectivity index (χ0) is 13.9. The number of thioether (sulfide) groups is 1. The van der Waals surface area contributed by atoms with Gasteiger partial charge < -0.3 is 10.1 Å². The van der Waals surface area contributed by atoms with Crippen molar-refractivity contribution in [3.8, 4) is 18.1 Å². The van der Waals surface area contributed by atoms with Crippen molar-refractivity contribution in [1.29, 1.82) is 0 Å². The Morgan fingerprint density at radius 2 is 2.20 bits per heavy atom. The number of fused-ring (bicyclic) bond motifs is 1. The molecular weight excluding hydrogens is 270 g/mol. The van der Waals surface area contributed by atoms with Gasteiger partial charge >= 0.3 is 0 Å². The molecule has 0 aliphatic carbocycles. The third-order valence-electron chi connectivity index (χ3n) is 3.57. The summed E-state index contributed by atoms with van der Waals surface area (Å²) in [5, 5.41) is 3.34. The Morgan fingerprint density at radius 1 is 1.40 bits per heavy atom. The third-order valence-corrected chi connectivity index (χ3v) is 4.87. The molecule has 0 radical (unpaired) electrons. The van der Waals surface area contributed by atoms with Gasteiger partial charge in [0.1, 0.15) is 12.4 Å². The van der Waals surface area contributed by atoms with E-state index in [2.05, 4.69) is 17.3 Å². The summed E-state index contributed by atoms with van der Waals surface area (Å²) >= 11 is 1.88. The number of rotatable bonds is 3. The van der Waals surface area contributed by atoms with Crippen molar-refractivity contribution in [3.63, 3.8) is 0 Å². The molecule has 102 valence electrons. The van der Waals surface area contributed by atoms with Gasteiger partial charge in [0.15, 0.2) is 0 Å². The molecule has 3 nitrogen and oxygen atoms in total. The molecule has 0 aromatic heterocycles. The van der Waals surface area contributed by atoms with Crippen molar-refractivity contribution in [2.24, 2.45) is 0 Å². The fourth-order valence-corrected chi connectivity index (χ4v) is 3.95. The summed E-state index contributed by atoms with van der Waals surface area (Å²) in [4.78, 5) is 11.8. The molecule has 1 N–H and O–H groups in total. The van der Waals surface area contributed by atoms with Crippen molar-refractivity contribution >= 4 is 17.7 Å². The molecule has 4 heteroatoms. The van der Waals surface area contributed by atoms with Crippen LogP contribution in [0.4, 0.5) is 0 Å². The van der Waals surface area contributed by atoms with Gasteiger partial charge in [-0.15, -0.1) is 18.2 Å². The molecule has 3 rings (SSSR count). The van der Waals surface area contributed by atoms with Crippen LogP contribution >= 0.6 is 11.8 Å². The number of terminal acetylenes is 1. The van der Waals surface area contributed by atoms with Crippen LogP contribution in [0.15, 0.2) is 36.0 Å². The highest BCUT2D eigenvalue weighted by Crippen LogP contribution is 2.41. The number of hydrogen-bond donors (Lipinski definition) is 1. The van der Waals surface area contributed by atoms with E-state index in [9.17, 15) is 4.79 Å². The second-order valence-electron chi connectivity index (χ2n) is 4.83. The van der Waals surface area contributed by atoms with E-state index in [-0.39, 0.29) is 18.4 Å².